The molecule has 3 aromatic rings. The summed E-state index contributed by atoms with van der Waals surface area (Å²) < 4.78 is 85.5. The number of aromatic nitrogens is 3. The van der Waals surface area contributed by atoms with Crippen molar-refractivity contribution >= 4 is 27.8 Å². The average molecular weight is 717 g/mol. The highest BCUT2D eigenvalue weighted by atomic mass is 79.9. The molecule has 0 bridgehead atoms. The Balaban J connectivity index is 1.64. The van der Waals surface area contributed by atoms with Crippen LogP contribution in [0.4, 0.5) is 22.0 Å². The predicted octanol–water partition coefficient (Wildman–Crippen LogP) is 5.80. The molecule has 2 aromatic carbocycles. The van der Waals surface area contributed by atoms with Gasteiger partial charge in [-0.15, -0.1) is 10.2 Å². The zero-order valence-electron chi connectivity index (χ0n) is 24.4. The van der Waals surface area contributed by atoms with Crippen LogP contribution in [0.3, 0.4) is 0 Å². The van der Waals surface area contributed by atoms with Crippen LogP contribution in [0.1, 0.15) is 73.2 Å². The third-order valence-electron chi connectivity index (χ3n) is 8.05. The lowest BCUT2D eigenvalue weighted by Gasteiger charge is -2.32. The highest BCUT2D eigenvalue weighted by Crippen LogP contribution is 2.47. The van der Waals surface area contributed by atoms with Gasteiger partial charge in [-0.1, -0.05) is 12.1 Å². The molecule has 2 N–H and O–H groups in total. The maximum Gasteiger partial charge on any atom is 0.416 e. The number of aliphatic hydroxyl groups is 1. The fourth-order valence-corrected chi connectivity index (χ4v) is 6.38. The number of carboxylic acids is 1. The predicted molar refractivity (Wildman–Crippen MR) is 154 cm³/mol. The number of nitrogens with zero attached hydrogens (tertiary/aromatic N) is 4. The summed E-state index contributed by atoms with van der Waals surface area (Å²) in [6.45, 7) is 0.855. The quantitative estimate of drug-likeness (QED) is 0.267. The highest BCUT2D eigenvalue weighted by molar-refractivity contribution is 9.10. The van der Waals surface area contributed by atoms with E-state index in [1.165, 1.54) is 4.90 Å². The third kappa shape index (κ3) is 6.74. The van der Waals surface area contributed by atoms with Crippen LogP contribution >= 0.6 is 15.9 Å². The molecule has 1 saturated heterocycles. The van der Waals surface area contributed by atoms with E-state index in [2.05, 4.69) is 26.1 Å². The van der Waals surface area contributed by atoms with Gasteiger partial charge in [-0.25, -0.2) is 0 Å². The molecule has 2 atom stereocenters. The summed E-state index contributed by atoms with van der Waals surface area (Å²) in [4.78, 5) is 26.2. The minimum absolute atomic E-state index is 0.0335. The van der Waals surface area contributed by atoms with Crippen LogP contribution in [-0.4, -0.2) is 68.1 Å². The Labute approximate surface area is 268 Å². The first-order valence-electron chi connectivity index (χ1n) is 14.5. The summed E-state index contributed by atoms with van der Waals surface area (Å²) in [6.07, 6.45) is -7.11. The van der Waals surface area contributed by atoms with Crippen molar-refractivity contribution in [3.63, 3.8) is 0 Å². The van der Waals surface area contributed by atoms with Gasteiger partial charge in [-0.2, -0.15) is 22.0 Å². The first-order valence-corrected chi connectivity index (χ1v) is 15.3. The second-order valence-corrected chi connectivity index (χ2v) is 11.9. The van der Waals surface area contributed by atoms with E-state index >= 15 is 8.78 Å². The number of rotatable bonds is 9. The Hall–Kier alpha value is -3.63. The van der Waals surface area contributed by atoms with Crippen LogP contribution in [-0.2, 0) is 26.4 Å². The first-order chi connectivity index (χ1) is 21.7. The highest BCUT2D eigenvalue weighted by Gasteiger charge is 2.44. The van der Waals surface area contributed by atoms with Crippen molar-refractivity contribution in [3.05, 3.63) is 69.2 Å². The van der Waals surface area contributed by atoms with Crippen LogP contribution in [0.15, 0.2) is 40.9 Å². The number of hydrogen-bond acceptors (Lipinski definition) is 7. The van der Waals surface area contributed by atoms with E-state index in [-0.39, 0.29) is 49.1 Å². The zero-order chi connectivity index (χ0) is 33.4. The molecule has 5 rings (SSSR count). The molecular weight excluding hydrogens is 687 g/mol. The Bertz CT molecular complexity index is 1610. The SMILES string of the molecule is CCOc1cccc([C@H]2O[C@H](CC(=O)N3CCC(CC(=O)O)CC3)c3nnc(C(F)(F)CO)n3-c3ccc(C(F)(F)F)cc32)c1Br. The van der Waals surface area contributed by atoms with Crippen molar-refractivity contribution < 1.29 is 51.2 Å². The molecule has 10 nitrogen and oxygen atoms in total. The minimum atomic E-state index is -4.80. The van der Waals surface area contributed by atoms with Crippen molar-refractivity contribution in [1.82, 2.24) is 19.7 Å². The number of alkyl halides is 5. The minimum Gasteiger partial charge on any atom is -0.493 e. The molecule has 0 saturated carbocycles. The monoisotopic (exact) mass is 716 g/mol. The molecule has 0 unspecified atom stereocenters. The van der Waals surface area contributed by atoms with E-state index in [1.807, 2.05) is 0 Å². The molecule has 46 heavy (non-hydrogen) atoms. The number of amides is 1. The van der Waals surface area contributed by atoms with Gasteiger partial charge in [0.15, 0.2) is 5.82 Å². The van der Waals surface area contributed by atoms with Crippen LogP contribution in [0.2, 0.25) is 0 Å². The van der Waals surface area contributed by atoms with Crippen LogP contribution < -0.4 is 4.74 Å². The van der Waals surface area contributed by atoms with Gasteiger partial charge in [0.2, 0.25) is 11.7 Å². The Kier molecular flexibility index (Phi) is 9.70. The number of hydrogen-bond donors (Lipinski definition) is 2. The maximum absolute atomic E-state index is 15.1. The van der Waals surface area contributed by atoms with E-state index in [0.717, 1.165) is 22.8 Å². The second-order valence-electron chi connectivity index (χ2n) is 11.1. The molecule has 0 spiro atoms. The van der Waals surface area contributed by atoms with Gasteiger partial charge in [0, 0.05) is 30.6 Å². The number of carbonyl (C=O) groups is 2. The Morgan fingerprint density at radius 1 is 1.07 bits per heavy atom. The number of aliphatic hydroxyl groups excluding tert-OH is 1. The van der Waals surface area contributed by atoms with Crippen LogP contribution in [0.5, 0.6) is 5.75 Å². The standard InChI is InChI=1S/C30H30BrF5N4O6/c1-2-45-21-5-3-4-18(25(21)31)26-19-13-17(30(34,35)36)6-7-20(19)40-27(37-38-28(40)29(32,33)15-41)22(46-26)14-23(42)39-10-8-16(9-11-39)12-24(43)44/h3-7,13,16,22,26,41H,2,8-12,14-15H2,1H3,(H,43,44)/t22-,26-/m1/s1. The average Bonchev–Trinajstić information content (AvgIpc) is 3.41. The number of fused-ring (bicyclic) bond motifs is 3. The number of likely N-dealkylation sites (tertiary alicyclic amines) is 1. The molecule has 1 fully saturated rings. The van der Waals surface area contributed by atoms with Gasteiger partial charge < -0.3 is 24.6 Å². The van der Waals surface area contributed by atoms with E-state index in [1.54, 1.807) is 25.1 Å². The van der Waals surface area contributed by atoms with E-state index in [9.17, 15) is 27.9 Å². The molecule has 2 aliphatic heterocycles. The van der Waals surface area contributed by atoms with Crippen molar-refractivity contribution in [2.75, 3.05) is 26.3 Å². The fraction of sp³-hybridized carbons (Fsp3) is 0.467. The van der Waals surface area contributed by atoms with Gasteiger partial charge in [0.25, 0.3) is 0 Å². The molecule has 1 amide bonds. The lowest BCUT2D eigenvalue weighted by Crippen LogP contribution is -2.39. The van der Waals surface area contributed by atoms with Crippen molar-refractivity contribution in [1.29, 1.82) is 0 Å². The zero-order valence-corrected chi connectivity index (χ0v) is 26.0. The Morgan fingerprint density at radius 3 is 2.41 bits per heavy atom. The summed E-state index contributed by atoms with van der Waals surface area (Å²) in [5.74, 6) is -6.41. The van der Waals surface area contributed by atoms with Gasteiger partial charge >= 0.3 is 18.1 Å². The van der Waals surface area contributed by atoms with Crippen LogP contribution in [0, 0.1) is 5.92 Å². The number of carbonyl (C=O) groups excluding carboxylic acids is 1. The van der Waals surface area contributed by atoms with E-state index in [0.29, 0.717) is 28.6 Å². The topological polar surface area (TPSA) is 127 Å². The summed E-state index contributed by atoms with van der Waals surface area (Å²) in [5, 5.41) is 26.2. The first kappa shape index (κ1) is 33.7. The summed E-state index contributed by atoms with van der Waals surface area (Å²) in [7, 11) is 0. The molecule has 2 aliphatic rings. The normalized spacial score (nSPS) is 18.9. The number of aliphatic carboxylic acids is 1. The summed E-state index contributed by atoms with van der Waals surface area (Å²) >= 11 is 3.46. The van der Waals surface area contributed by atoms with Gasteiger partial charge in [0.05, 0.1) is 28.8 Å². The summed E-state index contributed by atoms with van der Waals surface area (Å²) in [5.41, 5.74) is -1.09. The van der Waals surface area contributed by atoms with E-state index in [4.69, 9.17) is 14.6 Å². The molecule has 1 aromatic heterocycles. The van der Waals surface area contributed by atoms with Gasteiger partial charge in [-0.05, 0) is 65.9 Å². The number of carboxylic acid groups (broad SMARTS) is 1. The number of benzene rings is 2. The van der Waals surface area contributed by atoms with Crippen LogP contribution in [0.25, 0.3) is 5.69 Å². The molecule has 3 heterocycles. The summed E-state index contributed by atoms with van der Waals surface area (Å²) in [6, 6.07) is 7.34. The fourth-order valence-electron chi connectivity index (χ4n) is 5.79. The molecule has 248 valence electrons. The van der Waals surface area contributed by atoms with Crippen molar-refractivity contribution in [3.8, 4) is 11.4 Å². The lowest BCUT2D eigenvalue weighted by molar-refractivity contribution is -0.139. The molecular formula is C30H30BrF5N4O6. The number of halogens is 6. The number of ether oxygens (including phenoxy) is 2. The molecule has 0 radical (unpaired) electrons. The van der Waals surface area contributed by atoms with Crippen molar-refractivity contribution in [2.24, 2.45) is 5.92 Å². The van der Waals surface area contributed by atoms with E-state index < -0.39 is 60.6 Å². The van der Waals surface area contributed by atoms with Gasteiger partial charge in [0.1, 0.15) is 24.6 Å². The van der Waals surface area contributed by atoms with Gasteiger partial charge in [-0.3, -0.25) is 14.2 Å². The van der Waals surface area contributed by atoms with Crippen molar-refractivity contribution in [2.45, 2.75) is 56.9 Å². The maximum atomic E-state index is 15.1. The second kappa shape index (κ2) is 13.2. The third-order valence-corrected chi connectivity index (χ3v) is 8.90. The molecule has 16 heteroatoms. The number of piperidine rings is 1. The smallest absolute Gasteiger partial charge is 0.416 e. The molecule has 0 aliphatic carbocycles. The Morgan fingerprint density at radius 2 is 1.78 bits per heavy atom. The largest absolute Gasteiger partial charge is 0.493 e. The lowest BCUT2D eigenvalue weighted by atomic mass is 9.93.